The zero-order chi connectivity index (χ0) is 9.14. The number of hydrogen-bond donors (Lipinski definition) is 2. The van der Waals surface area contributed by atoms with Crippen LogP contribution in [0.25, 0.3) is 12.7 Å². The van der Waals surface area contributed by atoms with E-state index in [4.69, 9.17) is 5.84 Å². The molecule has 0 spiro atoms. The zero-order valence-corrected chi connectivity index (χ0v) is 7.26. The first-order valence-electron chi connectivity index (χ1n) is 3.65. The van der Waals surface area contributed by atoms with E-state index in [-0.39, 0.29) is 0 Å². The van der Waals surface area contributed by atoms with Crippen LogP contribution < -0.4 is 22.0 Å². The standard InChI is InChI=1S/C8H12N4/c1-4-7-5(2)10-6(3)8(11-7)12-9/h4H,2,9H2,1,3H3,(H,11,12). The topological polar surface area (TPSA) is 63.8 Å². The SMILES string of the molecule is C=c1nc(C)c(NN)nc1=CC. The van der Waals surface area contributed by atoms with Crippen molar-refractivity contribution < 1.29 is 0 Å². The van der Waals surface area contributed by atoms with E-state index < -0.39 is 0 Å². The normalized spacial score (nSPS) is 11.8. The Morgan fingerprint density at radius 2 is 2.17 bits per heavy atom. The Kier molecular flexibility index (Phi) is 2.40. The van der Waals surface area contributed by atoms with Crippen LogP contribution in [0.4, 0.5) is 5.82 Å². The lowest BCUT2D eigenvalue weighted by Gasteiger charge is -2.01. The summed E-state index contributed by atoms with van der Waals surface area (Å²) in [5.74, 6) is 5.83. The molecule has 0 aliphatic heterocycles. The molecule has 1 heterocycles. The summed E-state index contributed by atoms with van der Waals surface area (Å²) in [5.41, 5.74) is 3.23. The van der Waals surface area contributed by atoms with Crippen molar-refractivity contribution in [2.24, 2.45) is 5.84 Å². The molecule has 1 aromatic rings. The largest absolute Gasteiger partial charge is 0.307 e. The number of nitrogens with one attached hydrogen (secondary N) is 1. The Labute approximate surface area is 70.8 Å². The van der Waals surface area contributed by atoms with Crippen LogP contribution in [0.2, 0.25) is 0 Å². The summed E-state index contributed by atoms with van der Waals surface area (Å²) < 4.78 is 0. The van der Waals surface area contributed by atoms with E-state index in [2.05, 4.69) is 22.0 Å². The van der Waals surface area contributed by atoms with Gasteiger partial charge in [-0.2, -0.15) is 0 Å². The minimum absolute atomic E-state index is 0.593. The highest BCUT2D eigenvalue weighted by atomic mass is 15.3. The molecule has 0 atom stereocenters. The van der Waals surface area contributed by atoms with Crippen molar-refractivity contribution in [3.63, 3.8) is 0 Å². The molecule has 0 saturated carbocycles. The number of aromatic nitrogens is 2. The van der Waals surface area contributed by atoms with Gasteiger partial charge in [-0.25, -0.2) is 15.8 Å². The van der Waals surface area contributed by atoms with Crippen LogP contribution in [0, 0.1) is 6.92 Å². The molecule has 0 bridgehead atoms. The van der Waals surface area contributed by atoms with Gasteiger partial charge in [-0.15, -0.1) is 0 Å². The van der Waals surface area contributed by atoms with E-state index in [0.29, 0.717) is 11.2 Å². The van der Waals surface area contributed by atoms with Crippen molar-refractivity contribution in [3.05, 3.63) is 16.4 Å². The number of hydrazine groups is 1. The summed E-state index contributed by atoms with van der Waals surface area (Å²) in [7, 11) is 0. The predicted molar refractivity (Wildman–Crippen MR) is 49.5 cm³/mol. The Hall–Kier alpha value is -1.42. The highest BCUT2D eigenvalue weighted by Crippen LogP contribution is 1.98. The number of nitrogens with zero attached hydrogens (tertiary/aromatic N) is 2. The van der Waals surface area contributed by atoms with Crippen LogP contribution in [0.15, 0.2) is 0 Å². The maximum atomic E-state index is 5.24. The van der Waals surface area contributed by atoms with Gasteiger partial charge in [-0.05, 0) is 13.8 Å². The highest BCUT2D eigenvalue weighted by Gasteiger charge is 1.97. The smallest absolute Gasteiger partial charge is 0.162 e. The third-order valence-corrected chi connectivity index (χ3v) is 1.58. The van der Waals surface area contributed by atoms with E-state index in [9.17, 15) is 0 Å². The van der Waals surface area contributed by atoms with Gasteiger partial charge in [0.2, 0.25) is 0 Å². The minimum atomic E-state index is 0.593. The Bertz CT molecular complexity index is 383. The molecule has 0 saturated heterocycles. The quantitative estimate of drug-likeness (QED) is 0.425. The van der Waals surface area contributed by atoms with Crippen molar-refractivity contribution in [1.29, 1.82) is 0 Å². The average Bonchev–Trinajstić information content (AvgIpc) is 2.05. The fraction of sp³-hybridized carbons (Fsp3) is 0.250. The summed E-state index contributed by atoms with van der Waals surface area (Å²) in [6, 6.07) is 0. The van der Waals surface area contributed by atoms with Gasteiger partial charge in [0.1, 0.15) is 0 Å². The number of nitrogens with two attached hydrogens (primary N) is 1. The molecule has 0 fully saturated rings. The molecule has 0 aromatic carbocycles. The first kappa shape index (κ1) is 8.67. The fourth-order valence-corrected chi connectivity index (χ4v) is 0.946. The van der Waals surface area contributed by atoms with Crippen LogP contribution in [0.1, 0.15) is 12.6 Å². The van der Waals surface area contributed by atoms with Crippen molar-refractivity contribution in [3.8, 4) is 0 Å². The van der Waals surface area contributed by atoms with Gasteiger partial charge in [0.05, 0.1) is 16.4 Å². The van der Waals surface area contributed by atoms with Gasteiger partial charge in [0, 0.05) is 0 Å². The molecule has 1 rings (SSSR count). The summed E-state index contributed by atoms with van der Waals surface area (Å²) in [5, 5.41) is 1.43. The lowest BCUT2D eigenvalue weighted by Crippen LogP contribution is -2.32. The van der Waals surface area contributed by atoms with E-state index in [1.165, 1.54) is 0 Å². The van der Waals surface area contributed by atoms with Gasteiger partial charge in [-0.3, -0.25) is 0 Å². The molecule has 0 aliphatic carbocycles. The molecule has 0 amide bonds. The maximum absolute atomic E-state index is 5.24. The fourth-order valence-electron chi connectivity index (χ4n) is 0.946. The Morgan fingerprint density at radius 1 is 1.50 bits per heavy atom. The lowest BCUT2D eigenvalue weighted by atomic mass is 10.4. The van der Waals surface area contributed by atoms with E-state index in [0.717, 1.165) is 11.0 Å². The third kappa shape index (κ3) is 1.43. The van der Waals surface area contributed by atoms with Gasteiger partial charge in [-0.1, -0.05) is 12.7 Å². The van der Waals surface area contributed by atoms with Crippen LogP contribution in [-0.2, 0) is 0 Å². The second-order valence-electron chi connectivity index (χ2n) is 2.42. The minimum Gasteiger partial charge on any atom is -0.307 e. The summed E-state index contributed by atoms with van der Waals surface area (Å²) in [6.07, 6.45) is 1.84. The first-order valence-corrected chi connectivity index (χ1v) is 3.65. The molecule has 0 unspecified atom stereocenters. The van der Waals surface area contributed by atoms with E-state index in [1.807, 2.05) is 19.9 Å². The predicted octanol–water partition coefficient (Wildman–Crippen LogP) is -0.719. The molecule has 1 aromatic heterocycles. The van der Waals surface area contributed by atoms with E-state index >= 15 is 0 Å². The molecule has 64 valence electrons. The first-order chi connectivity index (χ1) is 5.69. The summed E-state index contributed by atoms with van der Waals surface area (Å²) >= 11 is 0. The molecule has 3 N–H and O–H groups in total. The second-order valence-corrected chi connectivity index (χ2v) is 2.42. The van der Waals surface area contributed by atoms with Gasteiger partial charge >= 0.3 is 0 Å². The zero-order valence-electron chi connectivity index (χ0n) is 7.26. The van der Waals surface area contributed by atoms with Crippen LogP contribution >= 0.6 is 0 Å². The number of nitrogen functional groups attached to an aromatic ring is 1. The number of rotatable bonds is 1. The van der Waals surface area contributed by atoms with Crippen LogP contribution in [0.3, 0.4) is 0 Å². The summed E-state index contributed by atoms with van der Waals surface area (Å²) in [4.78, 5) is 8.36. The molecular formula is C8H12N4. The Balaban J connectivity index is 3.49. The lowest BCUT2D eigenvalue weighted by molar-refractivity contribution is 1.03. The molecule has 0 radical (unpaired) electrons. The molecule has 0 aliphatic rings. The second kappa shape index (κ2) is 3.32. The molecule has 12 heavy (non-hydrogen) atoms. The van der Waals surface area contributed by atoms with Crippen molar-refractivity contribution in [2.45, 2.75) is 13.8 Å². The van der Waals surface area contributed by atoms with Gasteiger partial charge in [0.25, 0.3) is 0 Å². The van der Waals surface area contributed by atoms with Gasteiger partial charge in [0.15, 0.2) is 5.82 Å². The highest BCUT2D eigenvalue weighted by molar-refractivity contribution is 5.38. The summed E-state index contributed by atoms with van der Waals surface area (Å²) in [6.45, 7) is 7.47. The number of anilines is 1. The number of hydrogen-bond acceptors (Lipinski definition) is 4. The van der Waals surface area contributed by atoms with Crippen molar-refractivity contribution >= 4 is 18.5 Å². The Morgan fingerprint density at radius 3 is 2.67 bits per heavy atom. The number of aryl methyl sites for hydroxylation is 1. The monoisotopic (exact) mass is 164 g/mol. The van der Waals surface area contributed by atoms with Crippen LogP contribution in [-0.4, -0.2) is 9.97 Å². The van der Waals surface area contributed by atoms with Crippen molar-refractivity contribution in [1.82, 2.24) is 9.97 Å². The molecule has 4 nitrogen and oxygen atoms in total. The maximum Gasteiger partial charge on any atom is 0.162 e. The van der Waals surface area contributed by atoms with Gasteiger partial charge < -0.3 is 5.43 Å². The van der Waals surface area contributed by atoms with Crippen molar-refractivity contribution in [2.75, 3.05) is 5.43 Å². The van der Waals surface area contributed by atoms with Crippen LogP contribution in [0.5, 0.6) is 0 Å². The molecule has 4 heteroatoms. The van der Waals surface area contributed by atoms with E-state index in [1.54, 1.807) is 0 Å². The average molecular weight is 164 g/mol. The molecular weight excluding hydrogens is 152 g/mol. The third-order valence-electron chi connectivity index (χ3n) is 1.58.